The van der Waals surface area contributed by atoms with Crippen molar-refractivity contribution in [3.05, 3.63) is 54.1 Å². The monoisotopic (exact) mass is 1420 g/mol. The number of rotatable bonds is 31. The van der Waals surface area contributed by atoms with E-state index >= 15 is 0 Å². The number of carbonyl (C=O) groups excluding carboxylic acids is 12. The Balaban J connectivity index is 1.77. The molecule has 1 fully saturated rings. The van der Waals surface area contributed by atoms with Crippen molar-refractivity contribution in [2.75, 3.05) is 18.8 Å². The van der Waals surface area contributed by atoms with E-state index < -0.39 is 193 Å². The molecule has 2 aliphatic rings. The Morgan fingerprint density at radius 2 is 1.26 bits per heavy atom. The average molecular weight is 1420 g/mol. The highest BCUT2D eigenvalue weighted by atomic mass is 32.2. The van der Waals surface area contributed by atoms with E-state index in [2.05, 4.69) is 73.4 Å². The van der Waals surface area contributed by atoms with Crippen molar-refractivity contribution in [1.29, 1.82) is 0 Å². The molecule has 4 rings (SSSR count). The largest absolute Gasteiger partial charge is 0.481 e. The number of imidazole rings is 1. The first-order chi connectivity index (χ1) is 47.4. The third-order valence-electron chi connectivity index (χ3n) is 17.5. The molecule has 34 heteroatoms. The molecule has 100 heavy (non-hydrogen) atoms. The summed E-state index contributed by atoms with van der Waals surface area (Å²) in [7, 11) is 0. The van der Waals surface area contributed by atoms with Crippen LogP contribution in [-0.2, 0) is 80.0 Å². The number of nitrogens with zero attached hydrogens (tertiary/aromatic N) is 2. The Labute approximate surface area is 586 Å². The molecule has 33 nitrogen and oxygen atoms in total. The zero-order valence-electron chi connectivity index (χ0n) is 58.2. The number of benzene rings is 1. The molecule has 12 amide bonds. The lowest BCUT2D eigenvalue weighted by atomic mass is 9.96. The van der Waals surface area contributed by atoms with Crippen molar-refractivity contribution in [2.24, 2.45) is 45.9 Å². The van der Waals surface area contributed by atoms with Crippen molar-refractivity contribution in [3.63, 3.8) is 0 Å². The smallest absolute Gasteiger partial charge is 0.305 e. The Hall–Kier alpha value is -9.05. The van der Waals surface area contributed by atoms with Crippen LogP contribution in [0, 0.1) is 23.7 Å². The molecule has 15 atom stereocenters. The molecule has 1 aromatic carbocycles. The standard InChI is InChI=1S/C66H103N17O16S/c1-9-35(6)52(69)66-81-48(32-100-66)63(97)76-43(26-34(4)5)59(93)74-42(22-23-50(85)86)58(92)83-53(36(7)10-2)64(98)75-40-20-15-16-25-71-55(89)46(29-49(68)84)78-62(96)47(30-51(87)88)79-61(95)45(28-39-31-70-33-72-39)77-60(94)44(27-38-18-13-12-14-19-38)80-65(99)54(37(8)11-3)82-57(91)41(21-17-24-67)73-56(40)90/h12-14,18-19,31,33-37,40-48,52-54H,9-11,15-17,20-30,32,67,69H2,1-8H3,(H2,68,84)(H,70,72)(H,71,89)(H,73,90)(H,74,93)(H,75,98)(H,76,97)(H,77,94)(H,78,96)(H,79,95)(H,80,99)(H,82,91)(H,83,92)(H,85,86)(H,87,88)/t35-,36-,37-,40-,41+,42+,43-,44+,45-,46-,47+,48+,52-,53-,54-/m0/s1. The molecular weight excluding hydrogens is 1320 g/mol. The van der Waals surface area contributed by atoms with Gasteiger partial charge in [-0.05, 0) is 80.7 Å². The van der Waals surface area contributed by atoms with Crippen molar-refractivity contribution in [1.82, 2.24) is 68.5 Å². The van der Waals surface area contributed by atoms with Crippen LogP contribution < -0.4 is 75.7 Å². The second-order valence-electron chi connectivity index (χ2n) is 26.0. The highest BCUT2D eigenvalue weighted by Crippen LogP contribution is 2.25. The van der Waals surface area contributed by atoms with Gasteiger partial charge in [-0.3, -0.25) is 72.1 Å². The zero-order chi connectivity index (χ0) is 74.3. The van der Waals surface area contributed by atoms with Crippen LogP contribution in [0.5, 0.6) is 0 Å². The Bertz CT molecular complexity index is 3160. The first kappa shape index (κ1) is 83.4. The summed E-state index contributed by atoms with van der Waals surface area (Å²) in [6, 6.07) is -8.34. The van der Waals surface area contributed by atoms with Gasteiger partial charge in [0.25, 0.3) is 0 Å². The lowest BCUT2D eigenvalue weighted by Gasteiger charge is -2.30. The summed E-state index contributed by atoms with van der Waals surface area (Å²) in [6.45, 7) is 14.1. The maximum atomic E-state index is 14.9. The third-order valence-corrected chi connectivity index (χ3v) is 18.6. The second kappa shape index (κ2) is 42.1. The number of aliphatic imine (C=N–C) groups is 1. The van der Waals surface area contributed by atoms with Crippen LogP contribution >= 0.6 is 11.8 Å². The number of aromatic amines is 1. The fourth-order valence-electron chi connectivity index (χ4n) is 10.9. The number of aromatic nitrogens is 2. The quantitative estimate of drug-likeness (QED) is 0.0401. The van der Waals surface area contributed by atoms with Gasteiger partial charge >= 0.3 is 11.9 Å². The zero-order valence-corrected chi connectivity index (χ0v) is 59.0. The van der Waals surface area contributed by atoms with Gasteiger partial charge in [-0.1, -0.05) is 105 Å². The van der Waals surface area contributed by atoms with Gasteiger partial charge in [0.2, 0.25) is 70.9 Å². The molecule has 20 N–H and O–H groups in total. The molecule has 0 saturated carbocycles. The molecule has 3 heterocycles. The highest BCUT2D eigenvalue weighted by Gasteiger charge is 2.40. The number of amides is 12. The number of thioether (sulfide) groups is 1. The number of primary amides is 1. The Morgan fingerprint density at radius 3 is 1.85 bits per heavy atom. The van der Waals surface area contributed by atoms with Crippen LogP contribution in [0.2, 0.25) is 0 Å². The molecule has 554 valence electrons. The predicted molar refractivity (Wildman–Crippen MR) is 369 cm³/mol. The first-order valence-corrected chi connectivity index (χ1v) is 35.1. The van der Waals surface area contributed by atoms with E-state index in [-0.39, 0.29) is 94.9 Å². The molecule has 1 saturated heterocycles. The summed E-state index contributed by atoms with van der Waals surface area (Å²) in [4.78, 5) is 207. The molecule has 2 aliphatic heterocycles. The highest BCUT2D eigenvalue weighted by molar-refractivity contribution is 8.14. The molecule has 2 aromatic rings. The van der Waals surface area contributed by atoms with Gasteiger partial charge < -0.3 is 90.9 Å². The van der Waals surface area contributed by atoms with Crippen molar-refractivity contribution in [2.45, 2.75) is 224 Å². The lowest BCUT2D eigenvalue weighted by molar-refractivity contribution is -0.142. The summed E-state index contributed by atoms with van der Waals surface area (Å²) in [5.41, 5.74) is 18.7. The summed E-state index contributed by atoms with van der Waals surface area (Å²) >= 11 is 1.35. The topological polar surface area (TPSA) is 531 Å². The number of hydrogen-bond donors (Lipinski definition) is 17. The minimum absolute atomic E-state index is 0.00117. The van der Waals surface area contributed by atoms with E-state index in [4.69, 9.17) is 17.2 Å². The van der Waals surface area contributed by atoms with Crippen molar-refractivity contribution < 1.29 is 77.3 Å². The third kappa shape index (κ3) is 27.6. The van der Waals surface area contributed by atoms with E-state index in [0.29, 0.717) is 16.3 Å². The molecule has 0 aliphatic carbocycles. The molecule has 0 bridgehead atoms. The fraction of sp³-hybridized carbons (Fsp3) is 0.636. The number of nitrogens with two attached hydrogens (primary N) is 3. The van der Waals surface area contributed by atoms with Gasteiger partial charge in [0.15, 0.2) is 0 Å². The number of carboxylic acids is 2. The minimum Gasteiger partial charge on any atom is -0.481 e. The molecule has 0 spiro atoms. The Morgan fingerprint density at radius 1 is 0.660 bits per heavy atom. The molecule has 0 radical (unpaired) electrons. The number of carbonyl (C=O) groups is 14. The number of H-pyrrole nitrogens is 1. The molecule has 0 unspecified atom stereocenters. The first-order valence-electron chi connectivity index (χ1n) is 34.1. The van der Waals surface area contributed by atoms with Crippen molar-refractivity contribution >= 4 is 99.6 Å². The van der Waals surface area contributed by atoms with Gasteiger partial charge in [-0.2, -0.15) is 0 Å². The number of carboxylic acid groups (broad SMARTS) is 2. The van der Waals surface area contributed by atoms with E-state index in [1.807, 2.05) is 27.7 Å². The Kier molecular flexibility index (Phi) is 35.1. The van der Waals surface area contributed by atoms with E-state index in [1.165, 1.54) is 24.3 Å². The normalized spacial score (nSPS) is 23.1. The van der Waals surface area contributed by atoms with E-state index in [9.17, 15) is 77.3 Å². The van der Waals surface area contributed by atoms with Gasteiger partial charge in [0, 0.05) is 43.5 Å². The lowest BCUT2D eigenvalue weighted by Crippen LogP contribution is -2.62. The van der Waals surface area contributed by atoms with Crippen LogP contribution in [0.3, 0.4) is 0 Å². The van der Waals surface area contributed by atoms with E-state index in [1.54, 1.807) is 58.0 Å². The summed E-state index contributed by atoms with van der Waals surface area (Å²) in [6.07, 6.45) is 0.368. The predicted octanol–water partition coefficient (Wildman–Crippen LogP) is -1.68. The fourth-order valence-corrected chi connectivity index (χ4v) is 12.0. The average Bonchev–Trinajstić information content (AvgIpc) is 1.37. The number of aliphatic carboxylic acids is 2. The van der Waals surface area contributed by atoms with Crippen LogP contribution in [0.25, 0.3) is 0 Å². The number of hydrogen-bond acceptors (Lipinski definition) is 19. The maximum Gasteiger partial charge on any atom is 0.305 e. The SMILES string of the molecule is CC[C@H](C)[C@H](N)C1=N[C@@H](C(=O)N[C@@H](CC(C)C)C(=O)N[C@H](CCC(=O)O)C(=O)N[C@H](C(=O)N[C@H]2CCCCNC(=O)[C@H](CC(N)=O)NC(=O)[C@@H](CC(=O)O)NC(=O)[C@H](Cc3cnc[nH]3)NC(=O)[C@@H](Cc3ccccc3)NC(=O)[C@H]([C@@H](C)CC)NC(=O)[C@@H](CCCN)NC2=O)[C@@H](C)CC)CS1. The van der Waals surface area contributed by atoms with Crippen molar-refractivity contribution in [3.8, 4) is 0 Å². The van der Waals surface area contributed by atoms with Gasteiger partial charge in [-0.15, -0.1) is 11.8 Å². The van der Waals surface area contributed by atoms with Crippen LogP contribution in [0.4, 0.5) is 0 Å². The van der Waals surface area contributed by atoms with E-state index in [0.717, 1.165) is 6.42 Å². The van der Waals surface area contributed by atoms with Crippen LogP contribution in [-0.4, -0.2) is 199 Å². The second-order valence-corrected chi connectivity index (χ2v) is 27.0. The number of nitrogens with one attached hydrogen (secondary N) is 12. The van der Waals surface area contributed by atoms with Gasteiger partial charge in [0.1, 0.15) is 66.5 Å². The van der Waals surface area contributed by atoms with Crippen LogP contribution in [0.15, 0.2) is 47.8 Å². The summed E-state index contributed by atoms with van der Waals surface area (Å²) in [5.74, 6) is -15.4. The molecular formula is C66H103N17O16S. The minimum atomic E-state index is -1.94. The van der Waals surface area contributed by atoms with Gasteiger partial charge in [-0.25, -0.2) is 4.98 Å². The maximum absolute atomic E-state index is 14.9. The summed E-state index contributed by atoms with van der Waals surface area (Å²) < 4.78 is 0. The van der Waals surface area contributed by atoms with Gasteiger partial charge in [0.05, 0.1) is 30.3 Å². The summed E-state index contributed by atoms with van der Waals surface area (Å²) in [5, 5.41) is 49.1. The van der Waals surface area contributed by atoms with Crippen LogP contribution in [0.1, 0.15) is 150 Å². The molecule has 1 aromatic heterocycles.